The van der Waals surface area contributed by atoms with Crippen LogP contribution in [0.4, 0.5) is 0 Å². The van der Waals surface area contributed by atoms with Gasteiger partial charge in [-0.05, 0) is 84.4 Å². The number of pyridine rings is 3. The molecule has 6 aromatic heterocycles. The fraction of sp³-hybridized carbons (Fsp3) is 0.0156. The molecule has 0 saturated carbocycles. The van der Waals surface area contributed by atoms with Gasteiger partial charge in [-0.25, -0.2) is 4.98 Å². The Bertz CT molecular complexity index is 4420. The Balaban J connectivity index is 0.875. The maximum Gasteiger partial charge on any atom is 0.137 e. The van der Waals surface area contributed by atoms with E-state index in [4.69, 9.17) is 19.7 Å². The molecule has 1 spiro atoms. The predicted octanol–water partition coefficient (Wildman–Crippen LogP) is 15.3. The summed E-state index contributed by atoms with van der Waals surface area (Å²) < 4.78 is 13.7. The first-order valence-electron chi connectivity index (χ1n) is 24.1. The summed E-state index contributed by atoms with van der Waals surface area (Å²) in [5.41, 5.74) is 16.1. The highest BCUT2D eigenvalue weighted by Gasteiger charge is 2.53. The van der Waals surface area contributed by atoms with E-state index in [1.54, 1.807) is 0 Å². The molecule has 2 aliphatic rings. The number of hydrogen-bond donors (Lipinski definition) is 0. The largest absolute Gasteiger partial charge is 0.457 e. The average Bonchev–Trinajstić information content (AvgIpc) is 4.15. The van der Waals surface area contributed by atoms with E-state index in [9.17, 15) is 0 Å². The number of rotatable bonds is 4. The third-order valence-electron chi connectivity index (χ3n) is 15.2. The van der Waals surface area contributed by atoms with Gasteiger partial charge in [-0.2, -0.15) is 0 Å². The molecule has 330 valence electrons. The molecule has 0 fully saturated rings. The molecule has 1 aliphatic carbocycles. The minimum Gasteiger partial charge on any atom is -0.457 e. The molecule has 0 saturated heterocycles. The molecule has 7 heterocycles. The topological polar surface area (TPSA) is 62.7 Å². The van der Waals surface area contributed by atoms with E-state index in [0.29, 0.717) is 0 Å². The van der Waals surface area contributed by atoms with Gasteiger partial charge in [0.25, 0.3) is 0 Å². The molecule has 1 aliphatic heterocycles. The van der Waals surface area contributed by atoms with Gasteiger partial charge in [-0.1, -0.05) is 133 Å². The molecule has 0 N–H and O–H groups in total. The van der Waals surface area contributed by atoms with Crippen molar-refractivity contribution in [1.29, 1.82) is 0 Å². The van der Waals surface area contributed by atoms with Gasteiger partial charge in [0, 0.05) is 66.3 Å². The Morgan fingerprint density at radius 1 is 0.310 bits per heavy atom. The lowest BCUT2D eigenvalue weighted by atomic mass is 9.66. The van der Waals surface area contributed by atoms with Crippen LogP contribution in [0.3, 0.4) is 0 Å². The molecule has 0 unspecified atom stereocenters. The van der Waals surface area contributed by atoms with Gasteiger partial charge in [0.05, 0.1) is 73.7 Å². The second-order valence-electron chi connectivity index (χ2n) is 18.8. The molecule has 7 heteroatoms. The minimum atomic E-state index is -0.778. The Kier molecular flexibility index (Phi) is 7.69. The van der Waals surface area contributed by atoms with Gasteiger partial charge in [-0.15, -0.1) is 0 Å². The van der Waals surface area contributed by atoms with Crippen LogP contribution >= 0.6 is 0 Å². The summed E-state index contributed by atoms with van der Waals surface area (Å²) in [6, 6.07) is 75.9. The van der Waals surface area contributed by atoms with Crippen LogP contribution in [0.25, 0.3) is 105 Å². The number of benzene rings is 8. The smallest absolute Gasteiger partial charge is 0.137 e. The van der Waals surface area contributed by atoms with Gasteiger partial charge in [0.1, 0.15) is 17.3 Å². The van der Waals surface area contributed by atoms with E-state index in [-0.39, 0.29) is 0 Å². The Morgan fingerprint density at radius 2 is 0.761 bits per heavy atom. The zero-order valence-electron chi connectivity index (χ0n) is 38.0. The van der Waals surface area contributed by atoms with Crippen molar-refractivity contribution in [2.75, 3.05) is 0 Å². The molecule has 0 radical (unpaired) electrons. The van der Waals surface area contributed by atoms with E-state index in [2.05, 4.69) is 226 Å². The summed E-state index contributed by atoms with van der Waals surface area (Å²) in [4.78, 5) is 15.9. The number of fused-ring (bicyclic) bond motifs is 18. The molecule has 0 amide bonds. The summed E-state index contributed by atoms with van der Waals surface area (Å²) in [6.45, 7) is 0. The van der Waals surface area contributed by atoms with E-state index < -0.39 is 5.41 Å². The van der Waals surface area contributed by atoms with E-state index in [0.717, 1.165) is 112 Å². The number of para-hydroxylation sites is 7. The quantitative estimate of drug-likeness (QED) is 0.176. The summed E-state index contributed by atoms with van der Waals surface area (Å²) >= 11 is 0. The van der Waals surface area contributed by atoms with Gasteiger partial charge in [0.2, 0.25) is 0 Å². The van der Waals surface area contributed by atoms with Crippen LogP contribution in [0.2, 0.25) is 0 Å². The van der Waals surface area contributed by atoms with Crippen molar-refractivity contribution in [2.24, 2.45) is 0 Å². The fourth-order valence-corrected chi connectivity index (χ4v) is 12.3. The predicted molar refractivity (Wildman–Crippen MR) is 286 cm³/mol. The third-order valence-corrected chi connectivity index (χ3v) is 15.2. The number of nitrogens with zero attached hydrogens (tertiary/aromatic N) is 6. The summed E-state index contributed by atoms with van der Waals surface area (Å²) in [7, 11) is 0. The van der Waals surface area contributed by atoms with E-state index in [1.807, 2.05) is 18.6 Å². The molecule has 0 bridgehead atoms. The van der Waals surface area contributed by atoms with E-state index in [1.165, 1.54) is 26.9 Å². The molecular weight excluding hydrogens is 869 g/mol. The highest BCUT2D eigenvalue weighted by atomic mass is 16.5. The van der Waals surface area contributed by atoms with Crippen molar-refractivity contribution in [3.63, 3.8) is 0 Å². The second kappa shape index (κ2) is 14.2. The lowest BCUT2D eigenvalue weighted by Crippen LogP contribution is -2.32. The fourth-order valence-electron chi connectivity index (χ4n) is 12.3. The molecule has 14 aromatic rings. The summed E-state index contributed by atoms with van der Waals surface area (Å²) in [6.07, 6.45) is 6.05. The number of aromatic nitrogens is 6. The Labute approximate surface area is 406 Å². The van der Waals surface area contributed by atoms with Crippen LogP contribution < -0.4 is 4.74 Å². The van der Waals surface area contributed by atoms with Gasteiger partial charge >= 0.3 is 0 Å². The Morgan fingerprint density at radius 3 is 1.32 bits per heavy atom. The lowest BCUT2D eigenvalue weighted by Gasteiger charge is -2.39. The average molecular weight is 907 g/mol. The molecule has 8 aromatic carbocycles. The first-order valence-corrected chi connectivity index (χ1v) is 24.1. The van der Waals surface area contributed by atoms with Crippen LogP contribution in [-0.2, 0) is 5.41 Å². The monoisotopic (exact) mass is 906 g/mol. The normalized spacial score (nSPS) is 13.3. The number of ether oxygens (including phenoxy) is 1. The number of hydrogen-bond acceptors (Lipinski definition) is 4. The highest BCUT2D eigenvalue weighted by molar-refractivity contribution is 6.12. The third kappa shape index (κ3) is 5.13. The zero-order valence-corrected chi connectivity index (χ0v) is 38.0. The minimum absolute atomic E-state index is 0.778. The van der Waals surface area contributed by atoms with Crippen LogP contribution in [-0.4, -0.2) is 28.7 Å². The van der Waals surface area contributed by atoms with Crippen LogP contribution in [0.15, 0.2) is 231 Å². The molecule has 7 nitrogen and oxygen atoms in total. The maximum absolute atomic E-state index is 6.76. The van der Waals surface area contributed by atoms with Crippen molar-refractivity contribution in [1.82, 2.24) is 28.7 Å². The molecule has 0 atom stereocenters. The lowest BCUT2D eigenvalue weighted by molar-refractivity contribution is 0.436. The summed E-state index contributed by atoms with van der Waals surface area (Å²) in [5, 5.41) is 7.17. The highest BCUT2D eigenvalue weighted by Crippen LogP contribution is 2.62. The van der Waals surface area contributed by atoms with E-state index >= 15 is 0 Å². The van der Waals surface area contributed by atoms with Crippen molar-refractivity contribution in [2.45, 2.75) is 5.41 Å². The first kappa shape index (κ1) is 38.4. The first-order chi connectivity index (χ1) is 35.2. The SMILES string of the molecule is c1ccc2c(c1)Oc1ccccc1C21c2cc(-c3ccc4c(c3)c3ccccc3n4-c3ccc(-n4c5ccccc5c5ccccc54)nc3)cnc2-c2ncc(-n3c4ccccc4c4ccccc43)cc21. The van der Waals surface area contributed by atoms with Gasteiger partial charge in [0.15, 0.2) is 0 Å². The molecule has 16 rings (SSSR count). The zero-order chi connectivity index (χ0) is 46.4. The summed E-state index contributed by atoms with van der Waals surface area (Å²) in [5.74, 6) is 2.53. The van der Waals surface area contributed by atoms with Gasteiger partial charge < -0.3 is 13.9 Å². The molecular formula is C64H38N6O. The van der Waals surface area contributed by atoms with Gasteiger partial charge in [-0.3, -0.25) is 14.5 Å². The van der Waals surface area contributed by atoms with Crippen molar-refractivity contribution in [3.8, 4) is 51.2 Å². The molecule has 71 heavy (non-hydrogen) atoms. The maximum atomic E-state index is 6.76. The van der Waals surface area contributed by atoms with Crippen LogP contribution in [0, 0.1) is 0 Å². The van der Waals surface area contributed by atoms with Crippen molar-refractivity contribution in [3.05, 3.63) is 253 Å². The Hall–Kier alpha value is -9.59. The second-order valence-corrected chi connectivity index (χ2v) is 18.8. The standard InChI is InChI=1S/C64H38N6O/c1-8-22-53-43(15-1)44-16-2-9-23-54(44)69(53)42-35-52-63(67-38-42)62-51(64(52)49-20-6-13-27-59(49)71-60-28-14-7-21-50(60)64)34-40(36-66-62)39-29-31-58-48(33-39)47-19-5-10-24-55(47)68(58)41-30-32-61(65-37-41)70-56-25-11-3-17-45(56)46-18-4-12-26-57(46)70/h1-38H. The van der Waals surface area contributed by atoms with Crippen LogP contribution in [0.5, 0.6) is 11.5 Å². The van der Waals surface area contributed by atoms with Crippen molar-refractivity contribution < 1.29 is 4.74 Å². The van der Waals surface area contributed by atoms with Crippen LogP contribution in [0.1, 0.15) is 22.3 Å². The van der Waals surface area contributed by atoms with Crippen molar-refractivity contribution >= 4 is 65.4 Å².